The molecule has 2 aliphatic heterocycles. The van der Waals surface area contributed by atoms with E-state index in [1.165, 1.54) is 5.56 Å². The number of nitrogens with zero attached hydrogens (tertiary/aromatic N) is 2. The second-order valence-corrected chi connectivity index (χ2v) is 7.18. The van der Waals surface area contributed by atoms with Gasteiger partial charge in [0.25, 0.3) is 5.91 Å². The summed E-state index contributed by atoms with van der Waals surface area (Å²) in [4.78, 5) is 17.0. The van der Waals surface area contributed by atoms with Gasteiger partial charge in [0.15, 0.2) is 6.61 Å². The molecule has 1 amide bonds. The zero-order valence-corrected chi connectivity index (χ0v) is 14.7. The number of amides is 1. The van der Waals surface area contributed by atoms with Gasteiger partial charge in [-0.1, -0.05) is 41.9 Å². The van der Waals surface area contributed by atoms with Crippen molar-refractivity contribution in [2.24, 2.45) is 0 Å². The fourth-order valence-corrected chi connectivity index (χ4v) is 3.95. The van der Waals surface area contributed by atoms with Gasteiger partial charge in [0.05, 0.1) is 0 Å². The van der Waals surface area contributed by atoms with Crippen molar-refractivity contribution in [1.29, 1.82) is 0 Å². The fourth-order valence-electron chi connectivity index (χ4n) is 3.83. The number of hydrogen-bond acceptors (Lipinski definition) is 3. The van der Waals surface area contributed by atoms with Crippen molar-refractivity contribution in [1.82, 2.24) is 9.80 Å². The molecule has 4 rings (SSSR count). The lowest BCUT2D eigenvalue weighted by molar-refractivity contribution is -0.135. The maximum absolute atomic E-state index is 12.5. The number of rotatable bonds is 5. The van der Waals surface area contributed by atoms with E-state index >= 15 is 0 Å². The molecule has 0 aliphatic carbocycles. The molecule has 2 atom stereocenters. The number of carbonyl (C=O) groups excluding carboxylic acids is 1. The smallest absolute Gasteiger partial charge is 0.260 e. The van der Waals surface area contributed by atoms with Crippen molar-refractivity contribution in [3.63, 3.8) is 0 Å². The van der Waals surface area contributed by atoms with Crippen LogP contribution in [0.1, 0.15) is 12.0 Å². The maximum Gasteiger partial charge on any atom is 0.260 e. The summed E-state index contributed by atoms with van der Waals surface area (Å²) in [6, 6.07) is 18.4. The number of ether oxygens (including phenoxy) is 1. The minimum Gasteiger partial charge on any atom is -0.484 e. The summed E-state index contributed by atoms with van der Waals surface area (Å²) < 4.78 is 5.60. The molecule has 130 valence electrons. The van der Waals surface area contributed by atoms with Crippen LogP contribution in [-0.4, -0.2) is 47.5 Å². The van der Waals surface area contributed by atoms with E-state index in [0.29, 0.717) is 22.9 Å². The van der Waals surface area contributed by atoms with Gasteiger partial charge in [0.1, 0.15) is 5.75 Å². The van der Waals surface area contributed by atoms with Gasteiger partial charge in [-0.3, -0.25) is 9.69 Å². The van der Waals surface area contributed by atoms with Crippen molar-refractivity contribution in [2.45, 2.75) is 25.0 Å². The Kier molecular flexibility index (Phi) is 4.64. The summed E-state index contributed by atoms with van der Waals surface area (Å²) in [7, 11) is 0. The van der Waals surface area contributed by atoms with Gasteiger partial charge >= 0.3 is 0 Å². The molecule has 2 saturated heterocycles. The highest BCUT2D eigenvalue weighted by Crippen LogP contribution is 2.32. The molecule has 2 heterocycles. The Bertz CT molecular complexity index is 735. The molecule has 2 bridgehead atoms. The van der Waals surface area contributed by atoms with Crippen molar-refractivity contribution < 1.29 is 9.53 Å². The van der Waals surface area contributed by atoms with Gasteiger partial charge in [-0.15, -0.1) is 0 Å². The van der Waals surface area contributed by atoms with Crippen LogP contribution in [0.25, 0.3) is 0 Å². The van der Waals surface area contributed by atoms with Crippen LogP contribution < -0.4 is 4.74 Å². The van der Waals surface area contributed by atoms with Crippen LogP contribution in [0.2, 0.25) is 5.02 Å². The third-order valence-electron chi connectivity index (χ3n) is 5.08. The van der Waals surface area contributed by atoms with Crippen molar-refractivity contribution in [2.75, 3.05) is 19.7 Å². The Morgan fingerprint density at radius 1 is 1.04 bits per heavy atom. The largest absolute Gasteiger partial charge is 0.484 e. The van der Waals surface area contributed by atoms with Crippen LogP contribution in [0.15, 0.2) is 54.6 Å². The molecule has 0 N–H and O–H groups in total. The molecule has 2 fully saturated rings. The molecule has 4 nitrogen and oxygen atoms in total. The first-order valence-corrected chi connectivity index (χ1v) is 9.02. The SMILES string of the molecule is O=C(COc1ccc(Cl)cc1)N1CC2CC1CN2Cc1ccccc1. The fraction of sp³-hybridized carbons (Fsp3) is 0.350. The van der Waals surface area contributed by atoms with E-state index in [1.54, 1.807) is 24.3 Å². The first-order valence-electron chi connectivity index (χ1n) is 8.65. The monoisotopic (exact) mass is 356 g/mol. The van der Waals surface area contributed by atoms with Gasteiger partial charge < -0.3 is 9.64 Å². The average molecular weight is 357 g/mol. The second kappa shape index (κ2) is 7.06. The summed E-state index contributed by atoms with van der Waals surface area (Å²) in [5.74, 6) is 0.745. The third-order valence-corrected chi connectivity index (χ3v) is 5.33. The predicted molar refractivity (Wildman–Crippen MR) is 97.7 cm³/mol. The molecular formula is C20H21ClN2O2. The Labute approximate surface area is 152 Å². The molecule has 2 unspecified atom stereocenters. The first-order chi connectivity index (χ1) is 12.2. The number of fused-ring (bicyclic) bond motifs is 2. The van der Waals surface area contributed by atoms with Crippen LogP contribution in [0.3, 0.4) is 0 Å². The number of benzene rings is 2. The van der Waals surface area contributed by atoms with Crippen molar-refractivity contribution in [3.8, 4) is 5.75 Å². The topological polar surface area (TPSA) is 32.8 Å². The van der Waals surface area contributed by atoms with E-state index in [9.17, 15) is 4.79 Å². The number of piperazine rings is 1. The summed E-state index contributed by atoms with van der Waals surface area (Å²) >= 11 is 5.86. The summed E-state index contributed by atoms with van der Waals surface area (Å²) in [6.45, 7) is 2.81. The molecule has 0 aromatic heterocycles. The molecule has 0 radical (unpaired) electrons. The molecule has 0 saturated carbocycles. The van der Waals surface area contributed by atoms with E-state index in [0.717, 1.165) is 26.1 Å². The van der Waals surface area contributed by atoms with E-state index in [1.807, 2.05) is 11.0 Å². The average Bonchev–Trinajstić information content (AvgIpc) is 3.22. The van der Waals surface area contributed by atoms with Gasteiger partial charge in [-0.05, 0) is 36.2 Å². The summed E-state index contributed by atoms with van der Waals surface area (Å²) in [5, 5.41) is 0.661. The molecule has 5 heteroatoms. The van der Waals surface area contributed by atoms with Crippen LogP contribution in [-0.2, 0) is 11.3 Å². The van der Waals surface area contributed by atoms with Gasteiger partial charge in [0, 0.05) is 36.7 Å². The van der Waals surface area contributed by atoms with Crippen LogP contribution >= 0.6 is 11.6 Å². The van der Waals surface area contributed by atoms with Crippen LogP contribution in [0.5, 0.6) is 5.75 Å². The van der Waals surface area contributed by atoms with Gasteiger partial charge in [-0.2, -0.15) is 0 Å². The number of halogens is 1. The minimum absolute atomic E-state index is 0.0711. The normalized spacial score (nSPS) is 22.4. The lowest BCUT2D eigenvalue weighted by Gasteiger charge is -2.34. The third kappa shape index (κ3) is 3.65. The maximum atomic E-state index is 12.5. The standard InChI is InChI=1S/C20H21ClN2O2/c21-16-6-8-19(9-7-16)25-14-20(24)23-13-17-10-18(23)12-22(17)11-15-4-2-1-3-5-15/h1-9,17-18H,10-14H2. The second-order valence-electron chi connectivity index (χ2n) is 6.75. The zero-order valence-electron chi connectivity index (χ0n) is 14.0. The van der Waals surface area contributed by atoms with Crippen LogP contribution in [0.4, 0.5) is 0 Å². The highest BCUT2D eigenvalue weighted by molar-refractivity contribution is 6.30. The molecule has 0 spiro atoms. The molecule has 2 aromatic rings. The molecular weight excluding hydrogens is 336 g/mol. The highest BCUT2D eigenvalue weighted by Gasteiger charge is 2.44. The minimum atomic E-state index is 0.0711. The quantitative estimate of drug-likeness (QED) is 0.824. The Hall–Kier alpha value is -2.04. The Morgan fingerprint density at radius 2 is 1.80 bits per heavy atom. The van der Waals surface area contributed by atoms with Gasteiger partial charge in [-0.25, -0.2) is 0 Å². The summed E-state index contributed by atoms with van der Waals surface area (Å²) in [6.07, 6.45) is 1.07. The highest BCUT2D eigenvalue weighted by atomic mass is 35.5. The molecule has 2 aliphatic rings. The lowest BCUT2D eigenvalue weighted by Crippen LogP contribution is -2.49. The van der Waals surface area contributed by atoms with E-state index in [4.69, 9.17) is 16.3 Å². The van der Waals surface area contributed by atoms with Gasteiger partial charge in [0.2, 0.25) is 0 Å². The van der Waals surface area contributed by atoms with E-state index < -0.39 is 0 Å². The van der Waals surface area contributed by atoms with E-state index in [2.05, 4.69) is 29.2 Å². The van der Waals surface area contributed by atoms with Crippen molar-refractivity contribution in [3.05, 3.63) is 65.2 Å². The predicted octanol–water partition coefficient (Wildman–Crippen LogP) is 3.20. The van der Waals surface area contributed by atoms with Crippen molar-refractivity contribution >= 4 is 17.5 Å². The van der Waals surface area contributed by atoms with Crippen LogP contribution in [0, 0.1) is 0 Å². The lowest BCUT2D eigenvalue weighted by atomic mass is 10.2. The first kappa shape index (κ1) is 16.4. The van der Waals surface area contributed by atoms with E-state index in [-0.39, 0.29) is 12.5 Å². The molecule has 2 aromatic carbocycles. The number of hydrogen-bond donors (Lipinski definition) is 0. The Morgan fingerprint density at radius 3 is 2.48 bits per heavy atom. The molecule has 25 heavy (non-hydrogen) atoms. The zero-order chi connectivity index (χ0) is 17.2. The number of likely N-dealkylation sites (tertiary alicyclic amines) is 2. The summed E-state index contributed by atoms with van der Waals surface area (Å²) in [5.41, 5.74) is 1.33. The number of carbonyl (C=O) groups is 1. The Balaban J connectivity index is 1.29.